The first-order valence-corrected chi connectivity index (χ1v) is 6.16. The lowest BCUT2D eigenvalue weighted by Gasteiger charge is -2.29. The quantitative estimate of drug-likeness (QED) is 0.497. The fourth-order valence-electron chi connectivity index (χ4n) is 1.75. The third-order valence-electron chi connectivity index (χ3n) is 2.70. The number of ether oxygens (including phenoxy) is 2. The van der Waals surface area contributed by atoms with Crippen molar-refractivity contribution < 1.29 is 33.4 Å². The van der Waals surface area contributed by atoms with Gasteiger partial charge in [0.25, 0.3) is 5.79 Å². The summed E-state index contributed by atoms with van der Waals surface area (Å²) in [5.41, 5.74) is -0.776. The number of cyclic esters (lactones) is 2. The molecule has 0 aromatic heterocycles. The molecule has 0 saturated carbocycles. The number of nitrogens with one attached hydrogen (secondary N) is 1. The number of carbonyl (C=O) groups excluding carboxylic acids is 2. The summed E-state index contributed by atoms with van der Waals surface area (Å²) in [7, 11) is 0. The molecule has 1 aromatic rings. The second-order valence-electron chi connectivity index (χ2n) is 4.88. The Morgan fingerprint density at radius 3 is 2.41 bits per heavy atom. The molecule has 0 bridgehead atoms. The molecular formula is C14H12FNO6. The molecule has 0 unspecified atom stereocenters. The number of rotatable bonds is 3. The molecule has 7 nitrogen and oxygen atoms in total. The van der Waals surface area contributed by atoms with Gasteiger partial charge >= 0.3 is 17.9 Å². The van der Waals surface area contributed by atoms with Crippen molar-refractivity contribution in [3.63, 3.8) is 0 Å². The van der Waals surface area contributed by atoms with Crippen LogP contribution in [0.2, 0.25) is 0 Å². The molecule has 2 rings (SSSR count). The van der Waals surface area contributed by atoms with E-state index < -0.39 is 35.1 Å². The van der Waals surface area contributed by atoms with Gasteiger partial charge in [-0.25, -0.2) is 18.8 Å². The molecule has 8 heteroatoms. The van der Waals surface area contributed by atoms with Gasteiger partial charge < -0.3 is 19.9 Å². The fraction of sp³-hybridized carbons (Fsp3) is 0.214. The molecular weight excluding hydrogens is 297 g/mol. The SMILES string of the molecule is CC1(C)OC(=O)C(=CNc2ccc(F)cc2C(=O)O)C(=O)O1. The van der Waals surface area contributed by atoms with Gasteiger partial charge in [-0.2, -0.15) is 0 Å². The number of anilines is 1. The summed E-state index contributed by atoms with van der Waals surface area (Å²) >= 11 is 0. The summed E-state index contributed by atoms with van der Waals surface area (Å²) in [4.78, 5) is 34.4. The lowest BCUT2D eigenvalue weighted by molar-refractivity contribution is -0.222. The van der Waals surface area contributed by atoms with Crippen LogP contribution in [0.1, 0.15) is 24.2 Å². The third kappa shape index (κ3) is 3.22. The monoisotopic (exact) mass is 309 g/mol. The molecule has 1 aliphatic rings. The summed E-state index contributed by atoms with van der Waals surface area (Å²) < 4.78 is 22.8. The summed E-state index contributed by atoms with van der Waals surface area (Å²) in [6.45, 7) is 2.80. The summed E-state index contributed by atoms with van der Waals surface area (Å²) in [5, 5.41) is 11.5. The lowest BCUT2D eigenvalue weighted by Crippen LogP contribution is -2.42. The zero-order valence-corrected chi connectivity index (χ0v) is 11.7. The third-order valence-corrected chi connectivity index (χ3v) is 2.70. The van der Waals surface area contributed by atoms with Crippen molar-refractivity contribution in [1.29, 1.82) is 0 Å². The van der Waals surface area contributed by atoms with Crippen molar-refractivity contribution in [3.05, 3.63) is 41.4 Å². The highest BCUT2D eigenvalue weighted by atomic mass is 19.1. The molecule has 2 N–H and O–H groups in total. The molecule has 1 saturated heterocycles. The Morgan fingerprint density at radius 2 is 1.86 bits per heavy atom. The number of carboxylic acid groups (broad SMARTS) is 1. The topological polar surface area (TPSA) is 102 Å². The van der Waals surface area contributed by atoms with Crippen molar-refractivity contribution >= 4 is 23.6 Å². The van der Waals surface area contributed by atoms with Gasteiger partial charge in [-0.05, 0) is 18.2 Å². The zero-order chi connectivity index (χ0) is 16.5. The number of benzene rings is 1. The normalized spacial score (nSPS) is 16.6. The molecule has 0 atom stereocenters. The van der Waals surface area contributed by atoms with Crippen molar-refractivity contribution in [2.24, 2.45) is 0 Å². The van der Waals surface area contributed by atoms with Crippen LogP contribution in [0.4, 0.5) is 10.1 Å². The minimum atomic E-state index is -1.37. The van der Waals surface area contributed by atoms with Crippen LogP contribution in [0.25, 0.3) is 0 Å². The average Bonchev–Trinajstić information content (AvgIpc) is 2.37. The molecule has 0 aliphatic carbocycles. The number of esters is 2. The highest BCUT2D eigenvalue weighted by Gasteiger charge is 2.39. The van der Waals surface area contributed by atoms with E-state index in [9.17, 15) is 18.8 Å². The van der Waals surface area contributed by atoms with Crippen LogP contribution in [0.5, 0.6) is 0 Å². The number of hydrogen-bond acceptors (Lipinski definition) is 6. The van der Waals surface area contributed by atoms with Crippen molar-refractivity contribution in [1.82, 2.24) is 0 Å². The highest BCUT2D eigenvalue weighted by molar-refractivity contribution is 6.15. The van der Waals surface area contributed by atoms with Gasteiger partial charge in [0.05, 0.1) is 11.3 Å². The van der Waals surface area contributed by atoms with Crippen LogP contribution in [0.3, 0.4) is 0 Å². The number of carboxylic acids is 1. The van der Waals surface area contributed by atoms with Crippen LogP contribution >= 0.6 is 0 Å². The molecule has 1 aliphatic heterocycles. The van der Waals surface area contributed by atoms with Crippen LogP contribution in [-0.2, 0) is 19.1 Å². The van der Waals surface area contributed by atoms with Gasteiger partial charge in [0.2, 0.25) is 0 Å². The predicted octanol–water partition coefficient (Wildman–Crippen LogP) is 1.66. The van der Waals surface area contributed by atoms with E-state index in [1.165, 1.54) is 19.9 Å². The number of hydrogen-bond donors (Lipinski definition) is 2. The lowest BCUT2D eigenvalue weighted by atomic mass is 10.1. The molecule has 1 fully saturated rings. The maximum Gasteiger partial charge on any atom is 0.350 e. The Kier molecular flexibility index (Phi) is 3.85. The van der Waals surface area contributed by atoms with Crippen LogP contribution < -0.4 is 5.32 Å². The van der Waals surface area contributed by atoms with Crippen molar-refractivity contribution in [3.8, 4) is 0 Å². The fourth-order valence-corrected chi connectivity index (χ4v) is 1.75. The smallest absolute Gasteiger partial charge is 0.350 e. The van der Waals surface area contributed by atoms with E-state index in [0.29, 0.717) is 0 Å². The standard InChI is InChI=1S/C14H12FNO6/c1-14(2)21-12(19)9(13(20)22-14)6-16-10-4-3-7(15)5-8(10)11(17)18/h3-6,16H,1-2H3,(H,17,18). The number of halogens is 1. The molecule has 22 heavy (non-hydrogen) atoms. The molecule has 1 heterocycles. The minimum absolute atomic E-state index is 0.00633. The summed E-state index contributed by atoms with van der Waals surface area (Å²) in [5.74, 6) is -5.28. The maximum absolute atomic E-state index is 13.1. The minimum Gasteiger partial charge on any atom is -0.478 e. The predicted molar refractivity (Wildman–Crippen MR) is 71.3 cm³/mol. The molecule has 0 spiro atoms. The molecule has 1 aromatic carbocycles. The van der Waals surface area contributed by atoms with Crippen LogP contribution in [-0.4, -0.2) is 28.8 Å². The molecule has 0 amide bonds. The molecule has 0 radical (unpaired) electrons. The Labute approximate surface area is 124 Å². The first-order valence-electron chi connectivity index (χ1n) is 6.16. The van der Waals surface area contributed by atoms with Crippen molar-refractivity contribution in [2.75, 3.05) is 5.32 Å². The van der Waals surface area contributed by atoms with Gasteiger partial charge in [-0.3, -0.25) is 0 Å². The highest BCUT2D eigenvalue weighted by Crippen LogP contribution is 2.23. The average molecular weight is 309 g/mol. The van der Waals surface area contributed by atoms with Gasteiger partial charge in [0.15, 0.2) is 5.57 Å². The second-order valence-corrected chi connectivity index (χ2v) is 4.88. The summed E-state index contributed by atoms with van der Waals surface area (Å²) in [6.07, 6.45) is 0.958. The molecule has 116 valence electrons. The maximum atomic E-state index is 13.1. The van der Waals surface area contributed by atoms with Crippen LogP contribution in [0, 0.1) is 5.82 Å². The van der Waals surface area contributed by atoms with Gasteiger partial charge in [-0.1, -0.05) is 0 Å². The number of aromatic carboxylic acids is 1. The summed E-state index contributed by atoms with van der Waals surface area (Å²) in [6, 6.07) is 3.01. The number of carbonyl (C=O) groups is 3. The van der Waals surface area contributed by atoms with E-state index >= 15 is 0 Å². The van der Waals surface area contributed by atoms with Crippen LogP contribution in [0.15, 0.2) is 30.0 Å². The largest absolute Gasteiger partial charge is 0.478 e. The van der Waals surface area contributed by atoms with E-state index in [0.717, 1.165) is 18.3 Å². The Hall–Kier alpha value is -2.90. The van der Waals surface area contributed by atoms with Gasteiger partial charge in [0.1, 0.15) is 5.82 Å². The Balaban J connectivity index is 2.27. The van der Waals surface area contributed by atoms with Gasteiger partial charge in [-0.15, -0.1) is 0 Å². The van der Waals surface area contributed by atoms with E-state index in [1.807, 2.05) is 0 Å². The van der Waals surface area contributed by atoms with Gasteiger partial charge in [0, 0.05) is 20.0 Å². The first-order chi connectivity index (χ1) is 10.2. The van der Waals surface area contributed by atoms with Crippen molar-refractivity contribution in [2.45, 2.75) is 19.6 Å². The second kappa shape index (κ2) is 5.47. The Morgan fingerprint density at radius 1 is 1.27 bits per heavy atom. The first kappa shape index (κ1) is 15.5. The van der Waals surface area contributed by atoms with E-state index in [1.54, 1.807) is 0 Å². The van der Waals surface area contributed by atoms with E-state index in [-0.39, 0.29) is 11.3 Å². The zero-order valence-electron chi connectivity index (χ0n) is 11.7. The van der Waals surface area contributed by atoms with E-state index in [2.05, 4.69) is 5.32 Å². The Bertz CT molecular complexity index is 673. The van der Waals surface area contributed by atoms with E-state index in [4.69, 9.17) is 14.6 Å².